The van der Waals surface area contributed by atoms with Crippen LogP contribution in [0.4, 0.5) is 24.5 Å². The maximum atomic E-state index is 13.4. The summed E-state index contributed by atoms with van der Waals surface area (Å²) >= 11 is 0. The van der Waals surface area contributed by atoms with E-state index in [1.54, 1.807) is 17.1 Å². The molecule has 0 saturated carbocycles. The number of carbonyl (C=O) groups is 1. The van der Waals surface area contributed by atoms with Gasteiger partial charge in [-0.1, -0.05) is 0 Å². The Morgan fingerprint density at radius 3 is 2.57 bits per heavy atom. The van der Waals surface area contributed by atoms with E-state index in [1.165, 1.54) is 0 Å². The summed E-state index contributed by atoms with van der Waals surface area (Å²) in [6.07, 6.45) is 4.82. The number of anilines is 2. The van der Waals surface area contributed by atoms with Gasteiger partial charge in [-0.2, -0.15) is 5.10 Å². The molecule has 0 aliphatic carbocycles. The van der Waals surface area contributed by atoms with Crippen LogP contribution in [0.15, 0.2) is 30.6 Å². The average Bonchev–Trinajstić information content (AvgIpc) is 3.12. The van der Waals surface area contributed by atoms with Crippen molar-refractivity contribution in [1.82, 2.24) is 14.8 Å². The summed E-state index contributed by atoms with van der Waals surface area (Å²) in [7, 11) is 1.87. The molecule has 0 fully saturated rings. The van der Waals surface area contributed by atoms with Crippen LogP contribution >= 0.6 is 0 Å². The highest BCUT2D eigenvalue weighted by Gasteiger charge is 2.22. The van der Waals surface area contributed by atoms with E-state index in [0.29, 0.717) is 19.4 Å². The molecule has 0 unspecified atom stereocenters. The van der Waals surface area contributed by atoms with Crippen LogP contribution in [0.5, 0.6) is 0 Å². The third kappa shape index (κ3) is 4.00. The van der Waals surface area contributed by atoms with Gasteiger partial charge in [0.15, 0.2) is 17.5 Å². The number of aryl methyl sites for hydroxylation is 3. The van der Waals surface area contributed by atoms with E-state index >= 15 is 0 Å². The highest BCUT2D eigenvalue weighted by molar-refractivity contribution is 6.01. The summed E-state index contributed by atoms with van der Waals surface area (Å²) < 4.78 is 41.4. The average molecular weight is 415 g/mol. The van der Waals surface area contributed by atoms with Crippen molar-refractivity contribution >= 4 is 17.3 Å². The molecule has 6 nitrogen and oxygen atoms in total. The maximum Gasteiger partial charge on any atom is 0.243 e. The van der Waals surface area contributed by atoms with Crippen LogP contribution in [0.1, 0.15) is 22.5 Å². The fraction of sp³-hybridized carbons (Fsp3) is 0.286. The molecule has 0 spiro atoms. The summed E-state index contributed by atoms with van der Waals surface area (Å²) in [5, 5.41) is 7.08. The minimum atomic E-state index is -1.47. The Morgan fingerprint density at radius 1 is 1.10 bits per heavy atom. The molecule has 4 rings (SSSR count). The summed E-state index contributed by atoms with van der Waals surface area (Å²) in [6, 6.07) is 3.90. The van der Waals surface area contributed by atoms with E-state index in [9.17, 15) is 18.0 Å². The standard InChI is InChI=1S/C21H20F3N5O/c1-12-21-18(28(2)11-19(30)27-21)7-15(26-12)4-3-13-8-25-29(9-13)10-14-5-16(22)20(24)17(23)6-14/h5-9H,3-4,10-11H2,1-2H3,(H,27,30). The van der Waals surface area contributed by atoms with Crippen LogP contribution in [0.25, 0.3) is 0 Å². The molecule has 3 aromatic rings. The summed E-state index contributed by atoms with van der Waals surface area (Å²) in [5.74, 6) is -3.96. The Balaban J connectivity index is 1.44. The lowest BCUT2D eigenvalue weighted by atomic mass is 10.1. The smallest absolute Gasteiger partial charge is 0.243 e. The van der Waals surface area contributed by atoms with E-state index in [1.807, 2.05) is 24.9 Å². The van der Waals surface area contributed by atoms with Crippen LogP contribution in [0, 0.1) is 24.4 Å². The number of pyridine rings is 1. The minimum absolute atomic E-state index is 0.0593. The Hall–Kier alpha value is -3.36. The van der Waals surface area contributed by atoms with Gasteiger partial charge in [0.25, 0.3) is 0 Å². The second-order valence-corrected chi connectivity index (χ2v) is 7.42. The maximum absolute atomic E-state index is 13.4. The van der Waals surface area contributed by atoms with Gasteiger partial charge in [-0.3, -0.25) is 14.5 Å². The van der Waals surface area contributed by atoms with Gasteiger partial charge in [-0.15, -0.1) is 0 Å². The number of hydrogen-bond acceptors (Lipinski definition) is 4. The molecule has 0 radical (unpaired) electrons. The molecule has 9 heteroatoms. The zero-order valence-electron chi connectivity index (χ0n) is 16.5. The number of likely N-dealkylation sites (N-methyl/N-ethyl adjacent to an activating group) is 1. The van der Waals surface area contributed by atoms with Crippen molar-refractivity contribution in [3.63, 3.8) is 0 Å². The van der Waals surface area contributed by atoms with Gasteiger partial charge in [0.1, 0.15) is 0 Å². The number of aromatic nitrogens is 3. The largest absolute Gasteiger partial charge is 0.363 e. The van der Waals surface area contributed by atoms with Gasteiger partial charge in [0.05, 0.1) is 36.4 Å². The number of halogens is 3. The molecule has 1 amide bonds. The third-order valence-electron chi connectivity index (χ3n) is 5.03. The van der Waals surface area contributed by atoms with E-state index in [2.05, 4.69) is 15.4 Å². The Kier molecular flexibility index (Phi) is 5.19. The summed E-state index contributed by atoms with van der Waals surface area (Å²) in [4.78, 5) is 18.2. The molecule has 0 saturated heterocycles. The topological polar surface area (TPSA) is 63.1 Å². The number of hydrogen-bond donors (Lipinski definition) is 1. The minimum Gasteiger partial charge on any atom is -0.363 e. The second kappa shape index (κ2) is 7.81. The van der Waals surface area contributed by atoms with Crippen molar-refractivity contribution in [3.05, 3.63) is 70.6 Å². The lowest BCUT2D eigenvalue weighted by Gasteiger charge is -2.28. The van der Waals surface area contributed by atoms with Gasteiger partial charge in [-0.05, 0) is 49.1 Å². The number of rotatable bonds is 5. The van der Waals surface area contributed by atoms with Gasteiger partial charge >= 0.3 is 0 Å². The lowest BCUT2D eigenvalue weighted by molar-refractivity contribution is -0.115. The molecule has 1 aliphatic heterocycles. The second-order valence-electron chi connectivity index (χ2n) is 7.42. The Labute approximate surface area is 171 Å². The van der Waals surface area contributed by atoms with Crippen molar-refractivity contribution < 1.29 is 18.0 Å². The summed E-state index contributed by atoms with van der Waals surface area (Å²) in [5.41, 5.74) is 4.57. The molecule has 2 aromatic heterocycles. The van der Waals surface area contributed by atoms with Gasteiger partial charge < -0.3 is 10.2 Å². The molecule has 0 atom stereocenters. The highest BCUT2D eigenvalue weighted by Crippen LogP contribution is 2.31. The van der Waals surface area contributed by atoms with Crippen molar-refractivity contribution in [3.8, 4) is 0 Å². The molecule has 3 heterocycles. The molecule has 1 aromatic carbocycles. The normalized spacial score (nSPS) is 13.4. The van der Waals surface area contributed by atoms with Gasteiger partial charge in [-0.25, -0.2) is 13.2 Å². The monoisotopic (exact) mass is 415 g/mol. The molecule has 1 N–H and O–H groups in total. The van der Waals surface area contributed by atoms with Crippen LogP contribution in [0.2, 0.25) is 0 Å². The zero-order valence-corrected chi connectivity index (χ0v) is 16.5. The molecule has 0 bridgehead atoms. The van der Waals surface area contributed by atoms with Crippen molar-refractivity contribution in [2.45, 2.75) is 26.3 Å². The Morgan fingerprint density at radius 2 is 1.83 bits per heavy atom. The first-order valence-corrected chi connectivity index (χ1v) is 9.46. The van der Waals surface area contributed by atoms with E-state index in [4.69, 9.17) is 0 Å². The molecular formula is C21H20F3N5O. The number of carbonyl (C=O) groups excluding carboxylic acids is 1. The third-order valence-corrected chi connectivity index (χ3v) is 5.03. The van der Waals surface area contributed by atoms with Crippen LogP contribution < -0.4 is 10.2 Å². The van der Waals surface area contributed by atoms with Crippen molar-refractivity contribution in [2.24, 2.45) is 0 Å². The van der Waals surface area contributed by atoms with Crippen LogP contribution in [-0.2, 0) is 24.2 Å². The first-order valence-electron chi connectivity index (χ1n) is 9.46. The first-order chi connectivity index (χ1) is 14.3. The molecule has 156 valence electrons. The lowest BCUT2D eigenvalue weighted by Crippen LogP contribution is -2.36. The predicted molar refractivity (Wildman–Crippen MR) is 106 cm³/mol. The fourth-order valence-corrected chi connectivity index (χ4v) is 3.56. The first kappa shape index (κ1) is 19.9. The quantitative estimate of drug-likeness (QED) is 0.650. The number of amides is 1. The van der Waals surface area contributed by atoms with E-state index < -0.39 is 17.5 Å². The highest BCUT2D eigenvalue weighted by atomic mass is 19.2. The number of benzene rings is 1. The molecule has 1 aliphatic rings. The van der Waals surface area contributed by atoms with Gasteiger partial charge in [0, 0.05) is 18.9 Å². The van der Waals surface area contributed by atoms with Crippen molar-refractivity contribution in [2.75, 3.05) is 23.8 Å². The number of nitrogens with one attached hydrogen (secondary N) is 1. The summed E-state index contributed by atoms with van der Waals surface area (Å²) in [6.45, 7) is 2.29. The molecular weight excluding hydrogens is 395 g/mol. The van der Waals surface area contributed by atoms with Crippen molar-refractivity contribution in [1.29, 1.82) is 0 Å². The number of fused-ring (bicyclic) bond motifs is 1. The van der Waals surface area contributed by atoms with E-state index in [-0.39, 0.29) is 18.0 Å². The van der Waals surface area contributed by atoms with Gasteiger partial charge in [0.2, 0.25) is 5.91 Å². The SMILES string of the molecule is Cc1nc(CCc2cnn(Cc3cc(F)c(F)c(F)c3)c2)cc2c1NC(=O)CN2C. The van der Waals surface area contributed by atoms with E-state index in [0.717, 1.165) is 40.5 Å². The zero-order chi connectivity index (χ0) is 21.4. The van der Waals surface area contributed by atoms with Crippen LogP contribution in [-0.4, -0.2) is 34.3 Å². The fourth-order valence-electron chi connectivity index (χ4n) is 3.56. The Bertz CT molecular complexity index is 1100. The predicted octanol–water partition coefficient (Wildman–Crippen LogP) is 3.23. The molecule has 30 heavy (non-hydrogen) atoms. The number of nitrogens with zero attached hydrogens (tertiary/aromatic N) is 4. The van der Waals surface area contributed by atoms with Crippen LogP contribution in [0.3, 0.4) is 0 Å².